The zero-order valence-electron chi connectivity index (χ0n) is 13.5. The largest absolute Gasteiger partial charge is 0.370 e. The topological polar surface area (TPSA) is 53.6 Å². The van der Waals surface area contributed by atoms with E-state index in [1.54, 1.807) is 0 Å². The Morgan fingerprint density at radius 2 is 2.05 bits per heavy atom. The van der Waals surface area contributed by atoms with Crippen molar-refractivity contribution in [1.29, 1.82) is 0 Å². The summed E-state index contributed by atoms with van der Waals surface area (Å²) < 4.78 is 0. The van der Waals surface area contributed by atoms with Crippen LogP contribution >= 0.6 is 0 Å². The molecule has 0 aromatic heterocycles. The normalized spacial score (nSPS) is 13.2. The van der Waals surface area contributed by atoms with E-state index >= 15 is 0 Å². The maximum absolute atomic E-state index is 5.79. The van der Waals surface area contributed by atoms with E-state index in [2.05, 4.69) is 60.0 Å². The van der Waals surface area contributed by atoms with E-state index < -0.39 is 0 Å². The highest BCUT2D eigenvalue weighted by atomic mass is 15.1. The van der Waals surface area contributed by atoms with E-state index in [-0.39, 0.29) is 0 Å². The summed E-state index contributed by atoms with van der Waals surface area (Å²) in [5, 5.41) is 3.15. The summed E-state index contributed by atoms with van der Waals surface area (Å²) in [7, 11) is 2.15. The van der Waals surface area contributed by atoms with Crippen LogP contribution in [0.25, 0.3) is 0 Å². The van der Waals surface area contributed by atoms with Gasteiger partial charge in [0.2, 0.25) is 0 Å². The fourth-order valence-corrected chi connectivity index (χ4v) is 1.93. The molecule has 4 heteroatoms. The first-order chi connectivity index (χ1) is 9.99. The Morgan fingerprint density at radius 3 is 2.67 bits per heavy atom. The Hall–Kier alpha value is -1.81. The number of aliphatic imine (C=N–C) groups is 1. The quantitative estimate of drug-likeness (QED) is 0.439. The first-order valence-corrected chi connectivity index (χ1v) is 7.41. The second-order valence-corrected chi connectivity index (χ2v) is 5.62. The lowest BCUT2D eigenvalue weighted by Gasteiger charge is -2.25. The predicted molar refractivity (Wildman–Crippen MR) is 91.3 cm³/mol. The van der Waals surface area contributed by atoms with Crippen molar-refractivity contribution in [3.05, 3.63) is 48.0 Å². The molecule has 1 unspecified atom stereocenters. The summed E-state index contributed by atoms with van der Waals surface area (Å²) in [5.41, 5.74) is 8.14. The monoisotopic (exact) mass is 288 g/mol. The molecule has 116 valence electrons. The van der Waals surface area contributed by atoms with Crippen molar-refractivity contribution in [3.8, 4) is 0 Å². The average Bonchev–Trinajstić information content (AvgIpc) is 2.46. The number of nitrogens with two attached hydrogens (primary N) is 1. The maximum Gasteiger partial charge on any atom is 0.188 e. The van der Waals surface area contributed by atoms with E-state index in [0.717, 1.165) is 25.1 Å². The fraction of sp³-hybridized carbons (Fsp3) is 0.471. The first kappa shape index (κ1) is 17.2. The van der Waals surface area contributed by atoms with Crippen LogP contribution in [-0.4, -0.2) is 37.0 Å². The smallest absolute Gasteiger partial charge is 0.188 e. The molecular formula is C17H28N4. The Bertz CT molecular complexity index is 453. The molecule has 0 heterocycles. The van der Waals surface area contributed by atoms with Crippen LogP contribution in [0.5, 0.6) is 0 Å². The highest BCUT2D eigenvalue weighted by Gasteiger charge is 2.09. The number of guanidine groups is 1. The van der Waals surface area contributed by atoms with Crippen molar-refractivity contribution in [1.82, 2.24) is 10.2 Å². The molecule has 0 spiro atoms. The number of nitrogens with one attached hydrogen (secondary N) is 1. The lowest BCUT2D eigenvalue weighted by Crippen LogP contribution is -2.37. The van der Waals surface area contributed by atoms with Gasteiger partial charge in [-0.15, -0.1) is 0 Å². The Balaban J connectivity index is 2.28. The van der Waals surface area contributed by atoms with E-state index in [1.807, 2.05) is 13.0 Å². The van der Waals surface area contributed by atoms with Crippen molar-refractivity contribution in [2.24, 2.45) is 10.7 Å². The van der Waals surface area contributed by atoms with Gasteiger partial charge in [0.1, 0.15) is 0 Å². The SMILES string of the molecule is C=C(C)CN=C(N)NCCC(C)N(C)Cc1ccccc1. The molecule has 4 nitrogen and oxygen atoms in total. The fourth-order valence-electron chi connectivity index (χ4n) is 1.93. The number of rotatable bonds is 8. The van der Waals surface area contributed by atoms with E-state index in [4.69, 9.17) is 5.73 Å². The molecule has 3 N–H and O–H groups in total. The van der Waals surface area contributed by atoms with Crippen molar-refractivity contribution in [2.45, 2.75) is 32.9 Å². The van der Waals surface area contributed by atoms with Crippen molar-refractivity contribution in [3.63, 3.8) is 0 Å². The Kier molecular flexibility index (Phi) is 7.54. The summed E-state index contributed by atoms with van der Waals surface area (Å²) >= 11 is 0. The van der Waals surface area contributed by atoms with Crippen LogP contribution in [-0.2, 0) is 6.54 Å². The number of benzene rings is 1. The minimum absolute atomic E-state index is 0.478. The van der Waals surface area contributed by atoms with Gasteiger partial charge in [-0.1, -0.05) is 42.5 Å². The molecular weight excluding hydrogens is 260 g/mol. The minimum Gasteiger partial charge on any atom is -0.370 e. The highest BCUT2D eigenvalue weighted by Crippen LogP contribution is 2.07. The van der Waals surface area contributed by atoms with Gasteiger partial charge in [-0.05, 0) is 32.9 Å². The molecule has 1 atom stereocenters. The van der Waals surface area contributed by atoms with Crippen molar-refractivity contribution in [2.75, 3.05) is 20.1 Å². The lowest BCUT2D eigenvalue weighted by atomic mass is 10.1. The third kappa shape index (κ3) is 7.51. The average molecular weight is 288 g/mol. The van der Waals surface area contributed by atoms with Gasteiger partial charge >= 0.3 is 0 Å². The molecule has 0 saturated heterocycles. The van der Waals surface area contributed by atoms with Crippen LogP contribution in [0.4, 0.5) is 0 Å². The van der Waals surface area contributed by atoms with Gasteiger partial charge in [0.15, 0.2) is 5.96 Å². The predicted octanol–water partition coefficient (Wildman–Crippen LogP) is 2.38. The van der Waals surface area contributed by atoms with Gasteiger partial charge in [0, 0.05) is 19.1 Å². The second-order valence-electron chi connectivity index (χ2n) is 5.62. The standard InChI is InChI=1S/C17H28N4/c1-14(2)12-20-17(18)19-11-10-15(3)21(4)13-16-8-6-5-7-9-16/h5-9,15H,1,10-13H2,2-4H3,(H3,18,19,20). The van der Waals surface area contributed by atoms with E-state index in [1.165, 1.54) is 5.56 Å². The number of hydrogen-bond donors (Lipinski definition) is 2. The summed E-state index contributed by atoms with van der Waals surface area (Å²) in [6.07, 6.45) is 1.02. The van der Waals surface area contributed by atoms with E-state index in [9.17, 15) is 0 Å². The van der Waals surface area contributed by atoms with Gasteiger partial charge < -0.3 is 11.1 Å². The summed E-state index contributed by atoms with van der Waals surface area (Å²) in [6.45, 7) is 10.3. The maximum atomic E-state index is 5.79. The molecule has 0 fully saturated rings. The molecule has 0 radical (unpaired) electrons. The molecule has 21 heavy (non-hydrogen) atoms. The molecule has 1 rings (SSSR count). The third-order valence-corrected chi connectivity index (χ3v) is 3.41. The first-order valence-electron chi connectivity index (χ1n) is 7.41. The minimum atomic E-state index is 0.478. The molecule has 0 aliphatic rings. The van der Waals surface area contributed by atoms with Crippen LogP contribution in [0.2, 0.25) is 0 Å². The zero-order chi connectivity index (χ0) is 15.7. The molecule has 1 aromatic carbocycles. The van der Waals surface area contributed by atoms with Crippen LogP contribution in [0, 0.1) is 0 Å². The van der Waals surface area contributed by atoms with Gasteiger partial charge in [0.25, 0.3) is 0 Å². The third-order valence-electron chi connectivity index (χ3n) is 3.41. The Morgan fingerprint density at radius 1 is 1.38 bits per heavy atom. The van der Waals surface area contributed by atoms with Gasteiger partial charge in [-0.2, -0.15) is 0 Å². The Labute approximate surface area is 128 Å². The highest BCUT2D eigenvalue weighted by molar-refractivity contribution is 5.77. The second kappa shape index (κ2) is 9.19. The van der Waals surface area contributed by atoms with Crippen molar-refractivity contribution < 1.29 is 0 Å². The molecule has 0 bridgehead atoms. The molecule has 1 aromatic rings. The number of nitrogens with zero attached hydrogens (tertiary/aromatic N) is 2. The van der Waals surface area contributed by atoms with E-state index in [0.29, 0.717) is 18.5 Å². The molecule has 0 saturated carbocycles. The molecule has 0 aliphatic carbocycles. The van der Waals surface area contributed by atoms with Crippen molar-refractivity contribution >= 4 is 5.96 Å². The van der Waals surface area contributed by atoms with Crippen LogP contribution in [0.3, 0.4) is 0 Å². The summed E-state index contributed by atoms with van der Waals surface area (Å²) in [6, 6.07) is 11.0. The molecule has 0 amide bonds. The molecule has 0 aliphatic heterocycles. The zero-order valence-corrected chi connectivity index (χ0v) is 13.5. The number of hydrogen-bond acceptors (Lipinski definition) is 2. The van der Waals surface area contributed by atoms with Crippen LogP contribution < -0.4 is 11.1 Å². The van der Waals surface area contributed by atoms with Gasteiger partial charge in [0.05, 0.1) is 6.54 Å². The van der Waals surface area contributed by atoms with Gasteiger partial charge in [-0.3, -0.25) is 4.90 Å². The van der Waals surface area contributed by atoms with Gasteiger partial charge in [-0.25, -0.2) is 4.99 Å². The lowest BCUT2D eigenvalue weighted by molar-refractivity contribution is 0.239. The van der Waals surface area contributed by atoms with Crippen LogP contribution in [0.1, 0.15) is 25.8 Å². The summed E-state index contributed by atoms with van der Waals surface area (Å²) in [5.74, 6) is 0.496. The summed E-state index contributed by atoms with van der Waals surface area (Å²) in [4.78, 5) is 6.55. The van der Waals surface area contributed by atoms with Crippen LogP contribution in [0.15, 0.2) is 47.5 Å².